The quantitative estimate of drug-likeness (QED) is 0.837. The number of benzene rings is 1. The molecule has 0 amide bonds. The molecule has 1 radical (unpaired) electrons. The molecule has 1 aromatic heterocycles. The topological polar surface area (TPSA) is 45.0 Å². The van der Waals surface area contributed by atoms with Crippen LogP contribution in [0.4, 0.5) is 5.69 Å². The van der Waals surface area contributed by atoms with Gasteiger partial charge in [0.15, 0.2) is 0 Å². The number of nitrogens with two attached hydrogens (primary N) is 1. The smallest absolute Gasteiger partial charge is 0.0461 e. The Morgan fingerprint density at radius 1 is 1.35 bits per heavy atom. The minimum absolute atomic E-state index is 0.826. The normalized spacial score (nSPS) is 16.9. The number of hydrogen-bond donors (Lipinski definition) is 2. The number of nitrogen functional groups attached to an aromatic ring is 1. The van der Waals surface area contributed by atoms with Gasteiger partial charge in [-0.2, -0.15) is 0 Å². The lowest BCUT2D eigenvalue weighted by molar-refractivity contribution is 0.313. The van der Waals surface area contributed by atoms with Crippen LogP contribution in [0.5, 0.6) is 0 Å². The number of rotatable bonds is 3. The first-order valence-electron chi connectivity index (χ1n) is 7.21. The van der Waals surface area contributed by atoms with Crippen molar-refractivity contribution in [3.05, 3.63) is 42.0 Å². The van der Waals surface area contributed by atoms with E-state index < -0.39 is 0 Å². The van der Waals surface area contributed by atoms with E-state index in [1.54, 1.807) is 0 Å². The zero-order valence-electron chi connectivity index (χ0n) is 12.2. The molecule has 0 spiro atoms. The SMILES string of the molecule is C[C](C)CN1CC=C(c2c[nH]c3ccc(N)cc23)CC1. The minimum Gasteiger partial charge on any atom is -0.399 e. The molecular formula is C17H22N3. The summed E-state index contributed by atoms with van der Waals surface area (Å²) in [6.45, 7) is 7.66. The Morgan fingerprint density at radius 3 is 2.90 bits per heavy atom. The van der Waals surface area contributed by atoms with Gasteiger partial charge in [-0.1, -0.05) is 19.9 Å². The predicted molar refractivity (Wildman–Crippen MR) is 86.3 cm³/mol. The second kappa shape index (κ2) is 5.33. The van der Waals surface area contributed by atoms with Crippen molar-refractivity contribution in [2.45, 2.75) is 20.3 Å². The highest BCUT2D eigenvalue weighted by atomic mass is 15.1. The molecule has 0 aliphatic carbocycles. The van der Waals surface area contributed by atoms with Gasteiger partial charge >= 0.3 is 0 Å². The van der Waals surface area contributed by atoms with E-state index in [1.165, 1.54) is 22.4 Å². The van der Waals surface area contributed by atoms with Gasteiger partial charge < -0.3 is 10.7 Å². The molecule has 0 atom stereocenters. The minimum atomic E-state index is 0.826. The second-order valence-electron chi connectivity index (χ2n) is 5.93. The average molecular weight is 268 g/mol. The summed E-state index contributed by atoms with van der Waals surface area (Å²) in [5, 5.41) is 1.24. The van der Waals surface area contributed by atoms with E-state index in [1.807, 2.05) is 6.07 Å². The van der Waals surface area contributed by atoms with Gasteiger partial charge in [-0.05, 0) is 36.1 Å². The molecule has 1 aliphatic rings. The molecule has 0 saturated carbocycles. The number of anilines is 1. The van der Waals surface area contributed by atoms with Crippen LogP contribution in [0, 0.1) is 5.92 Å². The summed E-state index contributed by atoms with van der Waals surface area (Å²) >= 11 is 0. The molecule has 1 aliphatic heterocycles. The van der Waals surface area contributed by atoms with Crippen molar-refractivity contribution in [2.24, 2.45) is 0 Å². The molecule has 3 N–H and O–H groups in total. The summed E-state index contributed by atoms with van der Waals surface area (Å²) in [4.78, 5) is 5.83. The largest absolute Gasteiger partial charge is 0.399 e. The van der Waals surface area contributed by atoms with Crippen molar-refractivity contribution < 1.29 is 0 Å². The summed E-state index contributed by atoms with van der Waals surface area (Å²) < 4.78 is 0. The maximum Gasteiger partial charge on any atom is 0.0461 e. The van der Waals surface area contributed by atoms with Crippen molar-refractivity contribution in [1.29, 1.82) is 0 Å². The molecule has 0 bridgehead atoms. The van der Waals surface area contributed by atoms with Gasteiger partial charge in [0.1, 0.15) is 0 Å². The highest BCUT2D eigenvalue weighted by Gasteiger charge is 2.16. The first-order chi connectivity index (χ1) is 9.63. The van der Waals surface area contributed by atoms with E-state index in [-0.39, 0.29) is 0 Å². The molecule has 20 heavy (non-hydrogen) atoms. The van der Waals surface area contributed by atoms with Gasteiger partial charge in [-0.25, -0.2) is 0 Å². The summed E-state index contributed by atoms with van der Waals surface area (Å²) in [7, 11) is 0. The lowest BCUT2D eigenvalue weighted by Crippen LogP contribution is -2.31. The van der Waals surface area contributed by atoms with Crippen LogP contribution in [0.25, 0.3) is 16.5 Å². The fraction of sp³-hybridized carbons (Fsp3) is 0.353. The number of fused-ring (bicyclic) bond motifs is 1. The Morgan fingerprint density at radius 2 is 2.20 bits per heavy atom. The maximum atomic E-state index is 5.91. The van der Waals surface area contributed by atoms with Gasteiger partial charge in [0.25, 0.3) is 0 Å². The molecule has 105 valence electrons. The van der Waals surface area contributed by atoms with Gasteiger partial charge in [-0.3, -0.25) is 4.90 Å². The van der Waals surface area contributed by atoms with E-state index in [9.17, 15) is 0 Å². The van der Waals surface area contributed by atoms with Gasteiger partial charge in [0, 0.05) is 48.0 Å². The third-order valence-corrected chi connectivity index (χ3v) is 3.88. The van der Waals surface area contributed by atoms with Crippen LogP contribution in [0.15, 0.2) is 30.5 Å². The number of H-pyrrole nitrogens is 1. The fourth-order valence-corrected chi connectivity index (χ4v) is 2.95. The van der Waals surface area contributed by atoms with Gasteiger partial charge in [0.2, 0.25) is 0 Å². The Bertz CT molecular complexity index is 637. The van der Waals surface area contributed by atoms with Crippen molar-refractivity contribution in [3.8, 4) is 0 Å². The standard InChI is InChI=1S/C17H22N3/c1-12(2)11-20-7-5-13(6-8-20)16-10-19-17-4-3-14(18)9-15(16)17/h3-5,9-10,19H,6-8,11,18H2,1-2H3. The van der Waals surface area contributed by atoms with Crippen LogP contribution in [0.2, 0.25) is 0 Å². The van der Waals surface area contributed by atoms with Crippen molar-refractivity contribution in [2.75, 3.05) is 25.4 Å². The van der Waals surface area contributed by atoms with Crippen molar-refractivity contribution >= 4 is 22.2 Å². The third kappa shape index (κ3) is 2.59. The van der Waals surface area contributed by atoms with Gasteiger partial charge in [-0.15, -0.1) is 0 Å². The second-order valence-corrected chi connectivity index (χ2v) is 5.93. The molecule has 0 saturated heterocycles. The Kier molecular flexibility index (Phi) is 3.53. The summed E-state index contributed by atoms with van der Waals surface area (Å²) in [6, 6.07) is 6.07. The zero-order valence-corrected chi connectivity index (χ0v) is 12.2. The van der Waals surface area contributed by atoms with E-state index in [0.717, 1.165) is 37.3 Å². The molecule has 0 unspecified atom stereocenters. The highest BCUT2D eigenvalue weighted by molar-refractivity contribution is 5.94. The van der Waals surface area contributed by atoms with Crippen LogP contribution in [-0.2, 0) is 0 Å². The van der Waals surface area contributed by atoms with Gasteiger partial charge in [0.05, 0.1) is 0 Å². The van der Waals surface area contributed by atoms with E-state index in [0.29, 0.717) is 0 Å². The number of nitrogens with one attached hydrogen (secondary N) is 1. The van der Waals surface area contributed by atoms with Crippen molar-refractivity contribution in [3.63, 3.8) is 0 Å². The molecule has 2 heterocycles. The maximum absolute atomic E-state index is 5.91. The highest BCUT2D eigenvalue weighted by Crippen LogP contribution is 2.30. The first-order valence-corrected chi connectivity index (χ1v) is 7.21. The molecular weight excluding hydrogens is 246 g/mol. The average Bonchev–Trinajstić information content (AvgIpc) is 2.82. The van der Waals surface area contributed by atoms with Crippen LogP contribution >= 0.6 is 0 Å². The predicted octanol–water partition coefficient (Wildman–Crippen LogP) is 3.45. The van der Waals surface area contributed by atoms with E-state index in [4.69, 9.17) is 5.73 Å². The van der Waals surface area contributed by atoms with Crippen molar-refractivity contribution in [1.82, 2.24) is 9.88 Å². The number of nitrogens with zero attached hydrogens (tertiary/aromatic N) is 1. The first kappa shape index (κ1) is 13.3. The molecule has 2 aromatic rings. The Labute approximate surface area is 120 Å². The van der Waals surface area contributed by atoms with Crippen LogP contribution in [0.3, 0.4) is 0 Å². The summed E-state index contributed by atoms with van der Waals surface area (Å²) in [5.74, 6) is 1.47. The Hall–Kier alpha value is -1.74. The van der Waals surface area contributed by atoms with Crippen LogP contribution in [0.1, 0.15) is 25.8 Å². The monoisotopic (exact) mass is 268 g/mol. The summed E-state index contributed by atoms with van der Waals surface area (Å²) in [5.41, 5.74) is 10.6. The zero-order chi connectivity index (χ0) is 14.1. The fourth-order valence-electron chi connectivity index (χ4n) is 2.95. The van der Waals surface area contributed by atoms with Crippen LogP contribution < -0.4 is 5.73 Å². The number of hydrogen-bond acceptors (Lipinski definition) is 2. The van der Waals surface area contributed by atoms with Crippen LogP contribution in [-0.4, -0.2) is 29.5 Å². The lowest BCUT2D eigenvalue weighted by Gasteiger charge is -2.27. The number of aromatic nitrogens is 1. The molecule has 3 nitrogen and oxygen atoms in total. The number of aromatic amines is 1. The lowest BCUT2D eigenvalue weighted by atomic mass is 9.98. The molecule has 3 heteroatoms. The van der Waals surface area contributed by atoms with E-state index >= 15 is 0 Å². The summed E-state index contributed by atoms with van der Waals surface area (Å²) in [6.07, 6.45) is 5.58. The Balaban J connectivity index is 1.85. The van der Waals surface area contributed by atoms with E-state index in [2.05, 4.69) is 48.1 Å². The molecule has 0 fully saturated rings. The third-order valence-electron chi connectivity index (χ3n) is 3.88. The molecule has 1 aromatic carbocycles. The molecule has 3 rings (SSSR count).